The lowest BCUT2D eigenvalue weighted by molar-refractivity contribution is -0.135. The summed E-state index contributed by atoms with van der Waals surface area (Å²) in [4.78, 5) is 100. The first kappa shape index (κ1) is 49.8. The number of fused-ring (bicyclic) bond motifs is 1. The Bertz CT molecular complexity index is 2490. The van der Waals surface area contributed by atoms with Gasteiger partial charge in [0.15, 0.2) is 0 Å². The number of carbonyl (C=O) groups is 7. The van der Waals surface area contributed by atoms with Gasteiger partial charge in [-0.25, -0.2) is 0 Å². The fourth-order valence-corrected chi connectivity index (χ4v) is 10.0. The lowest BCUT2D eigenvalue weighted by atomic mass is 9.99. The zero-order chi connectivity index (χ0) is 47.7. The first-order valence-corrected chi connectivity index (χ1v) is 24.6. The van der Waals surface area contributed by atoms with E-state index in [2.05, 4.69) is 36.9 Å². The van der Waals surface area contributed by atoms with Crippen molar-refractivity contribution in [2.45, 2.75) is 81.7 Å². The highest BCUT2D eigenvalue weighted by Crippen LogP contribution is 2.25. The summed E-state index contributed by atoms with van der Waals surface area (Å²) in [5.41, 5.74) is 16.5. The first-order valence-electron chi connectivity index (χ1n) is 22.1. The van der Waals surface area contributed by atoms with Crippen LogP contribution in [0.15, 0.2) is 115 Å². The molecule has 16 nitrogen and oxygen atoms in total. The molecule has 11 N–H and O–H groups in total. The largest absolute Gasteiger partial charge is 0.368 e. The SMILES string of the molecule is CC(=O)N[C@H]1CSSC[C@@H](C(N)=O)NC(=O)[C@H](Cc2ccc(-c3ccccc3)cc2)NC(=O)[C@H](CCCCN)NC(=O)[C@H](Cc2c[nH]c3ccccc23)NC(=O)[C@H](Cc2ccccc2)NC1=O. The highest BCUT2D eigenvalue weighted by atomic mass is 33.1. The second-order valence-corrected chi connectivity index (χ2v) is 18.9. The van der Waals surface area contributed by atoms with Crippen LogP contribution in [0.1, 0.15) is 42.9 Å². The van der Waals surface area contributed by atoms with Crippen LogP contribution in [0.4, 0.5) is 0 Å². The van der Waals surface area contributed by atoms with Crippen LogP contribution in [0, 0.1) is 0 Å². The summed E-state index contributed by atoms with van der Waals surface area (Å²) in [7, 11) is 2.29. The molecule has 6 atom stereocenters. The number of unbranched alkanes of at least 4 members (excludes halogenated alkanes) is 1. The number of nitrogens with one attached hydrogen (secondary N) is 7. The molecule has 0 bridgehead atoms. The number of aromatic amines is 1. The number of nitrogens with two attached hydrogens (primary N) is 2. The minimum Gasteiger partial charge on any atom is -0.368 e. The quantitative estimate of drug-likeness (QED) is 0.0616. The maximum atomic E-state index is 14.7. The van der Waals surface area contributed by atoms with Crippen LogP contribution >= 0.6 is 21.6 Å². The van der Waals surface area contributed by atoms with Crippen LogP contribution in [0.25, 0.3) is 22.0 Å². The maximum absolute atomic E-state index is 14.7. The molecule has 0 saturated carbocycles. The van der Waals surface area contributed by atoms with Gasteiger partial charge in [-0.15, -0.1) is 0 Å². The Morgan fingerprint density at radius 3 is 1.76 bits per heavy atom. The molecule has 0 spiro atoms. The third kappa shape index (κ3) is 14.7. The molecule has 67 heavy (non-hydrogen) atoms. The van der Waals surface area contributed by atoms with Gasteiger partial charge in [-0.3, -0.25) is 33.6 Å². The minimum atomic E-state index is -1.27. The van der Waals surface area contributed by atoms with Crippen molar-refractivity contribution >= 4 is 73.8 Å². The van der Waals surface area contributed by atoms with Gasteiger partial charge >= 0.3 is 0 Å². The third-order valence-electron chi connectivity index (χ3n) is 11.3. The summed E-state index contributed by atoms with van der Waals surface area (Å²) in [6.45, 7) is 1.59. The molecule has 2 heterocycles. The van der Waals surface area contributed by atoms with Crippen molar-refractivity contribution in [1.82, 2.24) is 36.9 Å². The number of carbonyl (C=O) groups excluding carboxylic acids is 7. The van der Waals surface area contributed by atoms with Crippen molar-refractivity contribution in [2.24, 2.45) is 11.5 Å². The average Bonchev–Trinajstić information content (AvgIpc) is 3.73. The van der Waals surface area contributed by atoms with Crippen molar-refractivity contribution in [3.8, 4) is 11.1 Å². The number of hydrogen-bond donors (Lipinski definition) is 9. The summed E-state index contributed by atoms with van der Waals surface area (Å²) in [6.07, 6.45) is 2.89. The number of H-pyrrole nitrogens is 1. The van der Waals surface area contributed by atoms with E-state index in [0.29, 0.717) is 36.1 Å². The van der Waals surface area contributed by atoms with E-state index in [-0.39, 0.29) is 37.2 Å². The number of rotatable bonds is 13. The van der Waals surface area contributed by atoms with Crippen molar-refractivity contribution in [3.63, 3.8) is 0 Å². The van der Waals surface area contributed by atoms with Gasteiger partial charge in [0.1, 0.15) is 36.3 Å². The van der Waals surface area contributed by atoms with E-state index >= 15 is 0 Å². The van der Waals surface area contributed by atoms with Crippen LogP contribution in [-0.2, 0) is 52.8 Å². The lowest BCUT2D eigenvalue weighted by Gasteiger charge is -2.28. The fourth-order valence-electron chi connectivity index (χ4n) is 7.68. The average molecular weight is 948 g/mol. The predicted molar refractivity (Wildman–Crippen MR) is 262 cm³/mol. The predicted octanol–water partition coefficient (Wildman–Crippen LogP) is 2.80. The van der Waals surface area contributed by atoms with E-state index in [1.807, 2.05) is 84.9 Å². The monoisotopic (exact) mass is 947 g/mol. The van der Waals surface area contributed by atoms with Gasteiger partial charge in [0.05, 0.1) is 0 Å². The molecule has 5 aromatic rings. The molecule has 4 aromatic carbocycles. The number of aromatic nitrogens is 1. The van der Waals surface area contributed by atoms with E-state index in [1.54, 1.807) is 30.5 Å². The summed E-state index contributed by atoms with van der Waals surface area (Å²) in [5, 5.41) is 17.6. The van der Waals surface area contributed by atoms with E-state index in [9.17, 15) is 33.6 Å². The van der Waals surface area contributed by atoms with Crippen LogP contribution in [0.5, 0.6) is 0 Å². The van der Waals surface area contributed by atoms with Gasteiger partial charge in [0.25, 0.3) is 0 Å². The van der Waals surface area contributed by atoms with Gasteiger partial charge in [0, 0.05) is 54.8 Å². The minimum absolute atomic E-state index is 0.00395. The summed E-state index contributed by atoms with van der Waals surface area (Å²) >= 11 is 0. The Kier molecular flexibility index (Phi) is 18.4. The van der Waals surface area contributed by atoms with E-state index < -0.39 is 77.6 Å². The Balaban J connectivity index is 1.37. The molecule has 0 radical (unpaired) electrons. The smallest absolute Gasteiger partial charge is 0.244 e. The third-order valence-corrected chi connectivity index (χ3v) is 13.7. The number of amides is 7. The number of hydrogen-bond acceptors (Lipinski definition) is 10. The van der Waals surface area contributed by atoms with Gasteiger partial charge < -0.3 is 48.4 Å². The molecule has 7 amide bonds. The Hall–Kier alpha value is -6.63. The van der Waals surface area contributed by atoms with E-state index in [1.165, 1.54) is 6.92 Å². The Labute approximate surface area is 397 Å². The van der Waals surface area contributed by atoms with Crippen molar-refractivity contribution in [1.29, 1.82) is 0 Å². The second kappa shape index (κ2) is 24.8. The highest BCUT2D eigenvalue weighted by Gasteiger charge is 2.34. The standard InChI is InChI=1S/C49H57N9O7S2/c1-30(59)53-43-29-67-66-28-42(44(51)60)58-47(63)40(25-32-19-21-34(22-20-32)33-14-6-3-7-15-33)55-45(61)38(18-10-11-23-50)54-48(64)41(26-35-27-52-37-17-9-8-16-36(35)37)57-46(62)39(56-49(43)65)24-31-12-4-2-5-13-31/h2-9,12-17,19-22,27,38-43,52H,10-11,18,23-26,28-29,50H2,1H3,(H2,51,60)(H,53,59)(H,54,64)(H,55,61)(H,56,65)(H,57,62)(H,58,63)/t38-,39-,40-,41-,42-,43-/m0/s1. The molecule has 0 unspecified atom stereocenters. The molecule has 1 aliphatic rings. The fraction of sp³-hybridized carbons (Fsp3) is 0.327. The zero-order valence-electron chi connectivity index (χ0n) is 37.1. The normalized spacial score (nSPS) is 21.5. The van der Waals surface area contributed by atoms with Crippen LogP contribution in [0.2, 0.25) is 0 Å². The topological polar surface area (TPSA) is 260 Å². The molecule has 0 aliphatic carbocycles. The number of para-hydroxylation sites is 1. The zero-order valence-corrected chi connectivity index (χ0v) is 38.8. The van der Waals surface area contributed by atoms with Gasteiger partial charge in [-0.2, -0.15) is 0 Å². The number of primary amides is 1. The second-order valence-electron chi connectivity index (χ2n) is 16.3. The number of benzene rings is 4. The molecule has 1 aromatic heterocycles. The Morgan fingerprint density at radius 1 is 0.597 bits per heavy atom. The van der Waals surface area contributed by atoms with Gasteiger partial charge in [-0.1, -0.05) is 125 Å². The molecule has 1 aliphatic heterocycles. The highest BCUT2D eigenvalue weighted by molar-refractivity contribution is 8.76. The maximum Gasteiger partial charge on any atom is 0.244 e. The molecule has 1 saturated heterocycles. The van der Waals surface area contributed by atoms with Crippen LogP contribution in [0.3, 0.4) is 0 Å². The van der Waals surface area contributed by atoms with E-state index in [0.717, 1.165) is 43.6 Å². The van der Waals surface area contributed by atoms with Gasteiger partial charge in [0.2, 0.25) is 41.4 Å². The summed E-state index contributed by atoms with van der Waals surface area (Å²) in [6, 6.07) is 26.5. The molecular weight excluding hydrogens is 891 g/mol. The van der Waals surface area contributed by atoms with Crippen molar-refractivity contribution in [2.75, 3.05) is 18.1 Å². The molecule has 1 fully saturated rings. The van der Waals surface area contributed by atoms with Crippen molar-refractivity contribution < 1.29 is 33.6 Å². The van der Waals surface area contributed by atoms with Crippen molar-refractivity contribution in [3.05, 3.63) is 132 Å². The van der Waals surface area contributed by atoms with Crippen LogP contribution < -0.4 is 43.4 Å². The molecule has 18 heteroatoms. The van der Waals surface area contributed by atoms with Crippen LogP contribution in [-0.4, -0.2) is 101 Å². The Morgan fingerprint density at radius 2 is 1.12 bits per heavy atom. The summed E-state index contributed by atoms with van der Waals surface area (Å²) < 4.78 is 0. The summed E-state index contributed by atoms with van der Waals surface area (Å²) in [5.74, 6) is -4.75. The lowest BCUT2D eigenvalue weighted by Crippen LogP contribution is -2.60. The first-order chi connectivity index (χ1) is 32.4. The molecule has 352 valence electrons. The molecular formula is C49H57N9O7S2. The van der Waals surface area contributed by atoms with E-state index in [4.69, 9.17) is 11.5 Å². The molecule has 6 rings (SSSR count). The van der Waals surface area contributed by atoms with Gasteiger partial charge in [-0.05, 0) is 59.7 Å².